The molecule has 0 saturated carbocycles. The van der Waals surface area contributed by atoms with E-state index in [1.807, 2.05) is 0 Å². The van der Waals surface area contributed by atoms with Crippen LogP contribution in [0.1, 0.15) is 0 Å². The van der Waals surface area contributed by atoms with Crippen LogP contribution in [0.5, 0.6) is 0 Å². The smallest absolute Gasteiger partial charge is 0.282 e. The van der Waals surface area contributed by atoms with Gasteiger partial charge in [-0.15, -0.1) is 4.33 Å². The third-order valence-corrected chi connectivity index (χ3v) is 8.64. The van der Waals surface area contributed by atoms with Crippen LogP contribution in [0.2, 0.25) is 0 Å². The van der Waals surface area contributed by atoms with E-state index in [2.05, 4.69) is 9.37 Å². The fraction of sp³-hybridized carbons (Fsp3) is 0. The molecule has 0 aliphatic rings. The lowest BCUT2D eigenvalue weighted by Crippen LogP contribution is -2.22. The van der Waals surface area contributed by atoms with Crippen molar-refractivity contribution < 1.29 is 40.6 Å². The van der Waals surface area contributed by atoms with Crippen molar-refractivity contribution in [3.8, 4) is 0 Å². The minimum atomic E-state index is -4.47. The molecule has 0 heterocycles. The summed E-state index contributed by atoms with van der Waals surface area (Å²) < 4.78 is 69.9. The average molecular weight is 502 g/mol. The van der Waals surface area contributed by atoms with E-state index in [0.717, 1.165) is 12.0 Å². The Morgan fingerprint density at radius 2 is 1.16 bits per heavy atom. The zero-order chi connectivity index (χ0) is 22.6. The zero-order valence-corrected chi connectivity index (χ0v) is 18.7. The van der Waals surface area contributed by atoms with Crippen LogP contribution >= 0.6 is 20.0 Å². The van der Waals surface area contributed by atoms with Gasteiger partial charge in [-0.1, -0.05) is 41.4 Å². The lowest BCUT2D eigenvalue weighted by atomic mass is 10.3. The Kier molecular flexibility index (Phi) is 7.47. The van der Waals surface area contributed by atoms with E-state index < -0.39 is 28.2 Å². The second-order valence-electron chi connectivity index (χ2n) is 6.00. The van der Waals surface area contributed by atoms with Gasteiger partial charge in [-0.2, -0.15) is 16.8 Å². The van der Waals surface area contributed by atoms with Gasteiger partial charge < -0.3 is 0 Å². The van der Waals surface area contributed by atoms with Gasteiger partial charge in [0.25, 0.3) is 20.2 Å². The summed E-state index contributed by atoms with van der Waals surface area (Å²) in [5.41, 5.74) is 0. The third-order valence-electron chi connectivity index (χ3n) is 3.98. The molecule has 31 heavy (non-hydrogen) atoms. The van der Waals surface area contributed by atoms with E-state index >= 15 is 0 Å². The summed E-state index contributed by atoms with van der Waals surface area (Å²) in [6.07, 6.45) is 0. The molecule has 0 unspecified atom stereocenters. The van der Waals surface area contributed by atoms with Crippen molar-refractivity contribution in [2.75, 3.05) is 0 Å². The predicted octanol–water partition coefficient (Wildman–Crippen LogP) is 2.37. The van der Waals surface area contributed by atoms with Gasteiger partial charge in [-0.25, -0.2) is 5.26 Å². The van der Waals surface area contributed by atoms with Crippen molar-refractivity contribution in [3.05, 3.63) is 72.8 Å². The van der Waals surface area contributed by atoms with Crippen molar-refractivity contribution >= 4 is 56.1 Å². The quantitative estimate of drug-likeness (QED) is 0.138. The molecule has 0 aliphatic heterocycles. The summed E-state index contributed by atoms with van der Waals surface area (Å²) in [5.74, 6) is 0. The molecule has 13 heteroatoms. The van der Waals surface area contributed by atoms with E-state index in [4.69, 9.17) is 5.26 Å². The molecule has 0 bridgehead atoms. The SMILES string of the molecule is O=S(=O)(O)c1cccc(P(c2cccc(SOOO)c2)c2cccc(S(=O)(=O)O)c2)c1. The summed E-state index contributed by atoms with van der Waals surface area (Å²) in [5, 5.41) is 13.6. The van der Waals surface area contributed by atoms with Gasteiger partial charge in [-0.05, 0) is 60.2 Å². The summed E-state index contributed by atoms with van der Waals surface area (Å²) in [6, 6.07) is 18.1. The summed E-state index contributed by atoms with van der Waals surface area (Å²) >= 11 is 0.724. The zero-order valence-electron chi connectivity index (χ0n) is 15.4. The first kappa shape index (κ1) is 23.8. The minimum Gasteiger partial charge on any atom is -0.282 e. The van der Waals surface area contributed by atoms with Gasteiger partial charge in [0, 0.05) is 4.90 Å². The third kappa shape index (κ3) is 6.10. The molecular formula is C18H15O9PS3. The largest absolute Gasteiger partial charge is 0.294 e. The molecule has 0 saturated heterocycles. The van der Waals surface area contributed by atoms with Gasteiger partial charge in [-0.3, -0.25) is 9.11 Å². The molecule has 3 aromatic carbocycles. The van der Waals surface area contributed by atoms with Crippen molar-refractivity contribution in [1.29, 1.82) is 0 Å². The highest BCUT2D eigenvalue weighted by molar-refractivity contribution is 7.94. The van der Waals surface area contributed by atoms with E-state index in [9.17, 15) is 25.9 Å². The summed E-state index contributed by atoms with van der Waals surface area (Å²) in [4.78, 5) is -0.0899. The highest BCUT2D eigenvalue weighted by atomic mass is 32.2. The molecule has 3 rings (SSSR count). The Balaban J connectivity index is 2.21. The Bertz CT molecular complexity index is 1220. The lowest BCUT2D eigenvalue weighted by molar-refractivity contribution is -0.432. The Morgan fingerprint density at radius 3 is 1.61 bits per heavy atom. The van der Waals surface area contributed by atoms with Crippen LogP contribution in [-0.2, 0) is 29.6 Å². The van der Waals surface area contributed by atoms with Gasteiger partial charge >= 0.3 is 0 Å². The maximum atomic E-state index is 11.6. The fourth-order valence-corrected chi connectivity index (χ4v) is 6.88. The molecule has 0 spiro atoms. The van der Waals surface area contributed by atoms with Crippen molar-refractivity contribution in [2.45, 2.75) is 14.7 Å². The maximum Gasteiger partial charge on any atom is 0.294 e. The first-order chi connectivity index (χ1) is 14.6. The van der Waals surface area contributed by atoms with Crippen molar-refractivity contribution in [2.24, 2.45) is 0 Å². The minimum absolute atomic E-state index is 0.314. The highest BCUT2D eigenvalue weighted by Gasteiger charge is 2.21. The van der Waals surface area contributed by atoms with Crippen molar-refractivity contribution in [1.82, 2.24) is 0 Å². The molecular weight excluding hydrogens is 487 g/mol. The Hall–Kier alpha value is -1.86. The first-order valence-electron chi connectivity index (χ1n) is 8.30. The standard InChI is InChI=1S/C18H15O9PS3/c19-26-27-29-16-7-1-4-13(10-16)28(14-5-2-8-17(11-14)30(20,21)22)15-6-3-9-18(12-15)31(23,24)25/h1-12,19H,(H,20,21,22)(H,23,24,25). The molecule has 9 nitrogen and oxygen atoms in total. The Labute approximate surface area is 184 Å². The van der Waals surface area contributed by atoms with E-state index in [-0.39, 0.29) is 9.79 Å². The molecule has 3 aromatic rings. The van der Waals surface area contributed by atoms with Crippen LogP contribution in [0.25, 0.3) is 0 Å². The van der Waals surface area contributed by atoms with Gasteiger partial charge in [0.1, 0.15) is 0 Å². The number of hydrogen-bond donors (Lipinski definition) is 3. The molecule has 0 atom stereocenters. The second-order valence-corrected chi connectivity index (χ2v) is 11.8. The predicted molar refractivity (Wildman–Crippen MR) is 115 cm³/mol. The molecule has 3 N–H and O–H groups in total. The second kappa shape index (κ2) is 9.74. The molecule has 0 amide bonds. The number of rotatable bonds is 8. The van der Waals surface area contributed by atoms with Crippen LogP contribution in [0, 0.1) is 0 Å². The van der Waals surface area contributed by atoms with Crippen LogP contribution in [0.4, 0.5) is 0 Å². The summed E-state index contributed by atoms with van der Waals surface area (Å²) in [6.45, 7) is 0. The lowest BCUT2D eigenvalue weighted by Gasteiger charge is -2.20. The van der Waals surface area contributed by atoms with Crippen LogP contribution in [0.3, 0.4) is 0 Å². The monoisotopic (exact) mass is 502 g/mol. The molecule has 0 fully saturated rings. The Morgan fingerprint density at radius 1 is 0.710 bits per heavy atom. The molecule has 0 aliphatic carbocycles. The van der Waals surface area contributed by atoms with Crippen LogP contribution in [0.15, 0.2) is 87.5 Å². The molecule has 164 valence electrons. The fourth-order valence-electron chi connectivity index (χ4n) is 2.74. The average Bonchev–Trinajstić information content (AvgIpc) is 2.72. The number of hydrogen-bond acceptors (Lipinski definition) is 8. The molecule has 0 aromatic heterocycles. The van der Waals surface area contributed by atoms with E-state index in [1.54, 1.807) is 36.4 Å². The number of benzene rings is 3. The van der Waals surface area contributed by atoms with Gasteiger partial charge in [0.05, 0.1) is 21.8 Å². The van der Waals surface area contributed by atoms with Gasteiger partial charge in [0.15, 0.2) is 0 Å². The van der Waals surface area contributed by atoms with Crippen LogP contribution in [-0.4, -0.2) is 31.2 Å². The van der Waals surface area contributed by atoms with Crippen LogP contribution < -0.4 is 15.9 Å². The first-order valence-corrected chi connectivity index (χ1v) is 13.3. The topological polar surface area (TPSA) is 147 Å². The maximum absolute atomic E-state index is 11.6. The molecule has 0 radical (unpaired) electrons. The van der Waals surface area contributed by atoms with E-state index in [0.29, 0.717) is 20.8 Å². The van der Waals surface area contributed by atoms with Crippen molar-refractivity contribution in [3.63, 3.8) is 0 Å². The van der Waals surface area contributed by atoms with E-state index in [1.165, 1.54) is 36.4 Å². The summed E-state index contributed by atoms with van der Waals surface area (Å²) in [7, 11) is -10.5. The van der Waals surface area contributed by atoms with Gasteiger partial charge in [0.2, 0.25) is 0 Å². The normalized spacial score (nSPS) is 12.3. The highest BCUT2D eigenvalue weighted by Crippen LogP contribution is 2.35.